The van der Waals surface area contributed by atoms with Crippen LogP contribution in [0.15, 0.2) is 24.3 Å². The minimum atomic E-state index is 0.193. The molecule has 0 aromatic rings. The van der Waals surface area contributed by atoms with Gasteiger partial charge in [-0.3, -0.25) is 4.90 Å². The van der Waals surface area contributed by atoms with Crippen molar-refractivity contribution in [2.24, 2.45) is 0 Å². The highest BCUT2D eigenvalue weighted by Crippen LogP contribution is 2.42. The van der Waals surface area contributed by atoms with Gasteiger partial charge in [-0.2, -0.15) is 0 Å². The summed E-state index contributed by atoms with van der Waals surface area (Å²) in [6, 6.07) is 0. The fourth-order valence-electron chi connectivity index (χ4n) is 2.77. The monoisotopic (exact) mass is 207 g/mol. The van der Waals surface area contributed by atoms with Gasteiger partial charge in [0.15, 0.2) is 0 Å². The Morgan fingerprint density at radius 3 is 2.27 bits per heavy atom. The Balaban J connectivity index is 2.08. The van der Waals surface area contributed by atoms with Crippen molar-refractivity contribution in [2.45, 2.75) is 38.3 Å². The van der Waals surface area contributed by atoms with Crippen molar-refractivity contribution in [3.8, 4) is 0 Å². The number of rotatable bonds is 3. The van der Waals surface area contributed by atoms with E-state index in [-0.39, 0.29) is 5.54 Å². The highest BCUT2D eigenvalue weighted by Gasteiger charge is 2.47. The first-order valence-electron chi connectivity index (χ1n) is 5.72. The number of hydrogen-bond acceptors (Lipinski definition) is 2. The lowest BCUT2D eigenvalue weighted by Gasteiger charge is -2.31. The summed E-state index contributed by atoms with van der Waals surface area (Å²) in [4.78, 5) is 2.49. The average Bonchev–Trinajstić information content (AvgIpc) is 2.53. The second-order valence-corrected chi connectivity index (χ2v) is 5.29. The smallest absolute Gasteiger partial charge is 0.0660 e. The van der Waals surface area contributed by atoms with E-state index in [1.807, 2.05) is 0 Å². The van der Waals surface area contributed by atoms with E-state index in [0.29, 0.717) is 6.10 Å². The van der Waals surface area contributed by atoms with Gasteiger partial charge >= 0.3 is 0 Å². The van der Waals surface area contributed by atoms with Gasteiger partial charge in [0.25, 0.3) is 0 Å². The van der Waals surface area contributed by atoms with Gasteiger partial charge in [-0.05, 0) is 26.7 Å². The van der Waals surface area contributed by atoms with Gasteiger partial charge in [-0.15, -0.1) is 0 Å². The average molecular weight is 207 g/mol. The number of fused-ring (bicyclic) bond motifs is 1. The van der Waals surface area contributed by atoms with Gasteiger partial charge in [0, 0.05) is 13.1 Å². The molecule has 0 unspecified atom stereocenters. The normalized spacial score (nSPS) is 25.3. The summed E-state index contributed by atoms with van der Waals surface area (Å²) in [6.07, 6.45) is 2.47. The van der Waals surface area contributed by atoms with Crippen LogP contribution < -0.4 is 0 Å². The Hall–Kier alpha value is -0.600. The minimum absolute atomic E-state index is 0.193. The Bertz CT molecular complexity index is 273. The molecule has 0 radical (unpaired) electrons. The lowest BCUT2D eigenvalue weighted by atomic mass is 9.92. The fourth-order valence-corrected chi connectivity index (χ4v) is 2.77. The fraction of sp³-hybridized carbons (Fsp3) is 0.692. The zero-order valence-corrected chi connectivity index (χ0v) is 9.88. The van der Waals surface area contributed by atoms with Crippen molar-refractivity contribution in [1.29, 1.82) is 0 Å². The Morgan fingerprint density at radius 1 is 1.27 bits per heavy atom. The van der Waals surface area contributed by atoms with Crippen LogP contribution in [0, 0.1) is 0 Å². The number of hydrogen-bond donors (Lipinski definition) is 0. The van der Waals surface area contributed by atoms with E-state index in [1.165, 1.54) is 11.1 Å². The largest absolute Gasteiger partial charge is 0.377 e. The number of nitrogens with zero attached hydrogens (tertiary/aromatic N) is 1. The predicted octanol–water partition coefficient (Wildman–Crippen LogP) is 2.37. The van der Waals surface area contributed by atoms with Gasteiger partial charge in [0.1, 0.15) is 0 Å². The summed E-state index contributed by atoms with van der Waals surface area (Å²) in [5.41, 5.74) is 2.88. The van der Waals surface area contributed by atoms with Crippen molar-refractivity contribution in [1.82, 2.24) is 4.90 Å². The third-order valence-electron chi connectivity index (χ3n) is 3.34. The molecule has 2 saturated heterocycles. The van der Waals surface area contributed by atoms with Crippen LogP contribution in [-0.2, 0) is 4.74 Å². The molecule has 2 nitrogen and oxygen atoms in total. The summed E-state index contributed by atoms with van der Waals surface area (Å²) in [6.45, 7) is 15.3. The van der Waals surface area contributed by atoms with Crippen LogP contribution in [0.5, 0.6) is 0 Å². The molecule has 0 aromatic carbocycles. The highest BCUT2D eigenvalue weighted by atomic mass is 16.5. The standard InChI is InChI=1S/C13H21NO/c1-10(2)15-9-13-5-11(3)7-14(13)8-12(4)6-13/h10H,3-9H2,1-2H3. The molecule has 2 fully saturated rings. The Kier molecular flexibility index (Phi) is 2.73. The van der Waals surface area contributed by atoms with E-state index >= 15 is 0 Å². The molecule has 0 amide bonds. The summed E-state index contributed by atoms with van der Waals surface area (Å²) in [7, 11) is 0. The Labute approximate surface area is 92.6 Å². The van der Waals surface area contributed by atoms with E-state index < -0.39 is 0 Å². The van der Waals surface area contributed by atoms with Gasteiger partial charge in [0.05, 0.1) is 18.2 Å². The summed E-state index contributed by atoms with van der Waals surface area (Å²) in [5, 5.41) is 0. The van der Waals surface area contributed by atoms with Crippen LogP contribution in [0.3, 0.4) is 0 Å². The Morgan fingerprint density at radius 2 is 1.80 bits per heavy atom. The summed E-state index contributed by atoms with van der Waals surface area (Å²) < 4.78 is 5.80. The van der Waals surface area contributed by atoms with Crippen LogP contribution in [0.2, 0.25) is 0 Å². The highest BCUT2D eigenvalue weighted by molar-refractivity contribution is 5.26. The second-order valence-electron chi connectivity index (χ2n) is 5.29. The molecule has 0 atom stereocenters. The summed E-state index contributed by atoms with van der Waals surface area (Å²) >= 11 is 0. The first kappa shape index (κ1) is 10.9. The quantitative estimate of drug-likeness (QED) is 0.659. The molecule has 2 aliphatic rings. The number of ether oxygens (including phenoxy) is 1. The van der Waals surface area contributed by atoms with Crippen LogP contribution in [0.1, 0.15) is 26.7 Å². The SMILES string of the molecule is C=C1CN2CC(=C)CC2(COC(C)C)C1. The first-order valence-corrected chi connectivity index (χ1v) is 5.72. The maximum absolute atomic E-state index is 5.80. The molecular weight excluding hydrogens is 186 g/mol. The minimum Gasteiger partial charge on any atom is -0.377 e. The van der Waals surface area contributed by atoms with E-state index in [1.54, 1.807) is 0 Å². The summed E-state index contributed by atoms with van der Waals surface area (Å²) in [5.74, 6) is 0. The third kappa shape index (κ3) is 2.01. The van der Waals surface area contributed by atoms with Crippen LogP contribution in [-0.4, -0.2) is 36.2 Å². The molecule has 2 heteroatoms. The molecule has 0 aromatic heterocycles. The maximum atomic E-state index is 5.80. The van der Waals surface area contributed by atoms with Crippen LogP contribution in [0.25, 0.3) is 0 Å². The van der Waals surface area contributed by atoms with Gasteiger partial charge < -0.3 is 4.74 Å². The maximum Gasteiger partial charge on any atom is 0.0660 e. The zero-order chi connectivity index (χ0) is 11.1. The van der Waals surface area contributed by atoms with Crippen molar-refractivity contribution in [3.05, 3.63) is 24.3 Å². The van der Waals surface area contributed by atoms with Crippen molar-refractivity contribution in [3.63, 3.8) is 0 Å². The lowest BCUT2D eigenvalue weighted by Crippen LogP contribution is -2.43. The molecule has 84 valence electrons. The van der Waals surface area contributed by atoms with E-state index in [9.17, 15) is 0 Å². The first-order chi connectivity index (χ1) is 7.02. The van der Waals surface area contributed by atoms with E-state index in [2.05, 4.69) is 31.9 Å². The van der Waals surface area contributed by atoms with Crippen LogP contribution in [0.4, 0.5) is 0 Å². The van der Waals surface area contributed by atoms with Gasteiger partial charge in [-0.1, -0.05) is 24.3 Å². The van der Waals surface area contributed by atoms with E-state index in [4.69, 9.17) is 4.74 Å². The third-order valence-corrected chi connectivity index (χ3v) is 3.34. The molecule has 2 heterocycles. The molecule has 0 aliphatic carbocycles. The molecule has 15 heavy (non-hydrogen) atoms. The molecule has 2 aliphatic heterocycles. The molecule has 0 bridgehead atoms. The molecular formula is C13H21NO. The molecule has 0 saturated carbocycles. The van der Waals surface area contributed by atoms with Gasteiger partial charge in [-0.25, -0.2) is 0 Å². The molecule has 0 spiro atoms. The van der Waals surface area contributed by atoms with Crippen molar-refractivity contribution >= 4 is 0 Å². The second kappa shape index (κ2) is 3.76. The zero-order valence-electron chi connectivity index (χ0n) is 9.88. The lowest BCUT2D eigenvalue weighted by molar-refractivity contribution is 0.00344. The van der Waals surface area contributed by atoms with E-state index in [0.717, 1.165) is 32.5 Å². The van der Waals surface area contributed by atoms with Crippen molar-refractivity contribution in [2.75, 3.05) is 19.7 Å². The molecule has 0 N–H and O–H groups in total. The van der Waals surface area contributed by atoms with Gasteiger partial charge in [0.2, 0.25) is 0 Å². The predicted molar refractivity (Wildman–Crippen MR) is 62.9 cm³/mol. The molecule has 2 rings (SSSR count). The topological polar surface area (TPSA) is 12.5 Å². The van der Waals surface area contributed by atoms with Crippen molar-refractivity contribution < 1.29 is 4.74 Å². The van der Waals surface area contributed by atoms with Crippen LogP contribution >= 0.6 is 0 Å².